The van der Waals surface area contributed by atoms with Gasteiger partial charge in [0.2, 0.25) is 5.82 Å². The summed E-state index contributed by atoms with van der Waals surface area (Å²) in [5, 5.41) is 12.9. The fourth-order valence-corrected chi connectivity index (χ4v) is 2.35. The Hall–Kier alpha value is -3.15. The van der Waals surface area contributed by atoms with Crippen LogP contribution in [0.25, 0.3) is 28.5 Å². The molecule has 0 atom stereocenters. The van der Waals surface area contributed by atoms with E-state index < -0.39 is 0 Å². The van der Waals surface area contributed by atoms with E-state index in [-0.39, 0.29) is 0 Å². The number of hydrogen-bond donors (Lipinski definition) is 1. The Balaban J connectivity index is 1.89. The minimum absolute atomic E-state index is 0.578. The van der Waals surface area contributed by atoms with E-state index in [9.17, 15) is 0 Å². The Kier molecular flexibility index (Phi) is 2.69. The van der Waals surface area contributed by atoms with E-state index in [0.717, 1.165) is 17.0 Å². The molecule has 22 heavy (non-hydrogen) atoms. The van der Waals surface area contributed by atoms with E-state index in [0.29, 0.717) is 22.9 Å². The van der Waals surface area contributed by atoms with Gasteiger partial charge in [-0.3, -0.25) is 0 Å². The van der Waals surface area contributed by atoms with Gasteiger partial charge in [0, 0.05) is 11.3 Å². The number of benzene rings is 1. The molecule has 0 aliphatic carbocycles. The molecule has 2 N–H and O–H groups in total. The molecule has 0 amide bonds. The van der Waals surface area contributed by atoms with Gasteiger partial charge in [0.15, 0.2) is 11.4 Å². The van der Waals surface area contributed by atoms with Crippen molar-refractivity contribution < 1.29 is 4.42 Å². The number of fused-ring (bicyclic) bond motifs is 1. The van der Waals surface area contributed by atoms with Gasteiger partial charge in [-0.1, -0.05) is 12.1 Å². The molecule has 0 aliphatic heterocycles. The number of nitrogen functional groups attached to an aromatic ring is 1. The average Bonchev–Trinajstić information content (AvgIpc) is 3.12. The molecule has 1 aromatic carbocycles. The summed E-state index contributed by atoms with van der Waals surface area (Å²) in [6.07, 6.45) is 0. The van der Waals surface area contributed by atoms with Crippen molar-refractivity contribution in [3.8, 4) is 22.8 Å². The molecule has 0 saturated heterocycles. The molecule has 4 rings (SSSR count). The van der Waals surface area contributed by atoms with Crippen molar-refractivity contribution in [1.29, 1.82) is 0 Å². The van der Waals surface area contributed by atoms with Crippen molar-refractivity contribution in [3.05, 3.63) is 54.3 Å². The molecule has 4 aromatic rings. The van der Waals surface area contributed by atoms with Gasteiger partial charge in [-0.15, -0.1) is 10.2 Å². The second-order valence-corrected chi connectivity index (χ2v) is 5.05. The lowest BCUT2D eigenvalue weighted by molar-refractivity contribution is 0.542. The summed E-state index contributed by atoms with van der Waals surface area (Å²) in [4.78, 5) is 0. The van der Waals surface area contributed by atoms with Gasteiger partial charge in [0.1, 0.15) is 5.76 Å². The molecule has 3 heterocycles. The van der Waals surface area contributed by atoms with Crippen molar-refractivity contribution in [1.82, 2.24) is 19.8 Å². The van der Waals surface area contributed by atoms with Crippen molar-refractivity contribution >= 4 is 11.3 Å². The summed E-state index contributed by atoms with van der Waals surface area (Å²) < 4.78 is 7.29. The highest BCUT2D eigenvalue weighted by molar-refractivity contribution is 5.65. The largest absolute Gasteiger partial charge is 0.458 e. The molecule has 108 valence electrons. The molecule has 6 heteroatoms. The highest BCUT2D eigenvalue weighted by Gasteiger charge is 2.13. The quantitative estimate of drug-likeness (QED) is 0.574. The highest BCUT2D eigenvalue weighted by atomic mass is 16.3. The zero-order chi connectivity index (χ0) is 15.1. The Morgan fingerprint density at radius 3 is 2.73 bits per heavy atom. The third kappa shape index (κ3) is 2.01. The van der Waals surface area contributed by atoms with Crippen molar-refractivity contribution in [2.75, 3.05) is 5.73 Å². The number of anilines is 1. The number of furan rings is 1. The zero-order valence-corrected chi connectivity index (χ0v) is 11.9. The fraction of sp³-hybridized carbons (Fsp3) is 0.0625. The van der Waals surface area contributed by atoms with Crippen molar-refractivity contribution in [2.24, 2.45) is 0 Å². The van der Waals surface area contributed by atoms with Crippen LogP contribution in [0.4, 0.5) is 5.69 Å². The molecular weight excluding hydrogens is 278 g/mol. The standard InChI is InChI=1S/C16H13N5O/c1-10-5-7-14(22-10)16-19-18-15-8-6-13(20-21(15)16)11-3-2-4-12(17)9-11/h2-9H,17H2,1H3. The first-order chi connectivity index (χ1) is 10.7. The van der Waals surface area contributed by atoms with Gasteiger partial charge in [0.05, 0.1) is 5.69 Å². The first-order valence-corrected chi connectivity index (χ1v) is 6.86. The van der Waals surface area contributed by atoms with Gasteiger partial charge < -0.3 is 10.2 Å². The van der Waals surface area contributed by atoms with Crippen molar-refractivity contribution in [3.63, 3.8) is 0 Å². The molecule has 0 aliphatic rings. The normalized spacial score (nSPS) is 11.1. The number of aryl methyl sites for hydroxylation is 1. The monoisotopic (exact) mass is 291 g/mol. The third-order valence-corrected chi connectivity index (χ3v) is 3.41. The van der Waals surface area contributed by atoms with Crippen LogP contribution in [0.5, 0.6) is 0 Å². The van der Waals surface area contributed by atoms with Crippen LogP contribution in [-0.2, 0) is 0 Å². The summed E-state index contributed by atoms with van der Waals surface area (Å²) >= 11 is 0. The van der Waals surface area contributed by atoms with Gasteiger partial charge >= 0.3 is 0 Å². The van der Waals surface area contributed by atoms with Gasteiger partial charge in [-0.2, -0.15) is 9.61 Å². The van der Waals surface area contributed by atoms with Crippen LogP contribution in [0.15, 0.2) is 52.9 Å². The highest BCUT2D eigenvalue weighted by Crippen LogP contribution is 2.23. The van der Waals surface area contributed by atoms with E-state index in [1.165, 1.54) is 0 Å². The molecule has 3 aromatic heterocycles. The van der Waals surface area contributed by atoms with Crippen LogP contribution in [0.2, 0.25) is 0 Å². The van der Waals surface area contributed by atoms with Crippen LogP contribution in [0.1, 0.15) is 5.76 Å². The molecule has 0 unspecified atom stereocenters. The van der Waals surface area contributed by atoms with Gasteiger partial charge in [-0.05, 0) is 43.3 Å². The van der Waals surface area contributed by atoms with Gasteiger partial charge in [0.25, 0.3) is 0 Å². The maximum absolute atomic E-state index is 5.84. The summed E-state index contributed by atoms with van der Waals surface area (Å²) in [5.41, 5.74) is 8.94. The number of nitrogens with zero attached hydrogens (tertiary/aromatic N) is 4. The van der Waals surface area contributed by atoms with Crippen LogP contribution in [-0.4, -0.2) is 19.8 Å². The van der Waals surface area contributed by atoms with E-state index in [4.69, 9.17) is 10.2 Å². The lowest BCUT2D eigenvalue weighted by Crippen LogP contribution is -1.97. The second-order valence-electron chi connectivity index (χ2n) is 5.05. The van der Waals surface area contributed by atoms with E-state index in [1.54, 1.807) is 4.52 Å². The lowest BCUT2D eigenvalue weighted by atomic mass is 10.1. The average molecular weight is 291 g/mol. The Bertz CT molecular complexity index is 970. The number of rotatable bonds is 2. The molecule has 0 spiro atoms. The zero-order valence-electron chi connectivity index (χ0n) is 11.9. The van der Waals surface area contributed by atoms with Crippen LogP contribution >= 0.6 is 0 Å². The Labute approximate surface area is 126 Å². The first kappa shape index (κ1) is 12.6. The number of nitrogens with two attached hydrogens (primary N) is 1. The summed E-state index contributed by atoms with van der Waals surface area (Å²) in [5.74, 6) is 2.04. The van der Waals surface area contributed by atoms with E-state index in [1.807, 2.05) is 55.5 Å². The molecule has 0 fully saturated rings. The Morgan fingerprint density at radius 1 is 1.05 bits per heavy atom. The maximum Gasteiger partial charge on any atom is 0.220 e. The third-order valence-electron chi connectivity index (χ3n) is 3.41. The Morgan fingerprint density at radius 2 is 1.95 bits per heavy atom. The molecular formula is C16H13N5O. The molecule has 6 nitrogen and oxygen atoms in total. The van der Waals surface area contributed by atoms with E-state index >= 15 is 0 Å². The topological polar surface area (TPSA) is 82.2 Å². The SMILES string of the molecule is Cc1ccc(-c2nnc3ccc(-c4cccc(N)c4)nn23)o1. The second kappa shape index (κ2) is 4.70. The summed E-state index contributed by atoms with van der Waals surface area (Å²) in [7, 11) is 0. The summed E-state index contributed by atoms with van der Waals surface area (Å²) in [6.45, 7) is 1.89. The van der Waals surface area contributed by atoms with E-state index in [2.05, 4.69) is 15.3 Å². The molecule has 0 saturated carbocycles. The number of hydrogen-bond acceptors (Lipinski definition) is 5. The predicted molar refractivity (Wildman–Crippen MR) is 83.1 cm³/mol. The summed E-state index contributed by atoms with van der Waals surface area (Å²) in [6, 6.07) is 15.1. The molecule has 0 radical (unpaired) electrons. The number of aromatic nitrogens is 4. The predicted octanol–water partition coefficient (Wildman–Crippen LogP) is 2.94. The fourth-order valence-electron chi connectivity index (χ4n) is 2.35. The first-order valence-electron chi connectivity index (χ1n) is 6.86. The lowest BCUT2D eigenvalue weighted by Gasteiger charge is -2.03. The maximum atomic E-state index is 5.84. The van der Waals surface area contributed by atoms with Crippen LogP contribution < -0.4 is 5.73 Å². The minimum atomic E-state index is 0.578. The van der Waals surface area contributed by atoms with Crippen molar-refractivity contribution in [2.45, 2.75) is 6.92 Å². The molecule has 0 bridgehead atoms. The smallest absolute Gasteiger partial charge is 0.220 e. The minimum Gasteiger partial charge on any atom is -0.458 e. The van der Waals surface area contributed by atoms with Crippen LogP contribution in [0.3, 0.4) is 0 Å². The van der Waals surface area contributed by atoms with Gasteiger partial charge in [-0.25, -0.2) is 0 Å². The van der Waals surface area contributed by atoms with Crippen LogP contribution in [0, 0.1) is 6.92 Å².